The predicted molar refractivity (Wildman–Crippen MR) is 65.9 cm³/mol. The summed E-state index contributed by atoms with van der Waals surface area (Å²) < 4.78 is 2.90. The first kappa shape index (κ1) is 10.9. The van der Waals surface area contributed by atoms with Crippen molar-refractivity contribution in [1.82, 2.24) is 9.78 Å². The van der Waals surface area contributed by atoms with E-state index in [9.17, 15) is 0 Å². The van der Waals surface area contributed by atoms with Gasteiger partial charge in [0.1, 0.15) is 0 Å². The Balaban J connectivity index is 2.06. The van der Waals surface area contributed by atoms with Gasteiger partial charge < -0.3 is 5.73 Å². The van der Waals surface area contributed by atoms with E-state index in [0.29, 0.717) is 0 Å². The molecule has 2 aromatic heterocycles. The van der Waals surface area contributed by atoms with Crippen LogP contribution < -0.4 is 5.73 Å². The van der Waals surface area contributed by atoms with E-state index in [2.05, 4.69) is 32.5 Å². The molecule has 0 bridgehead atoms. The average Bonchev–Trinajstić information content (AvgIpc) is 2.75. The number of hydrogen-bond acceptors (Lipinski definition) is 3. The first-order valence-electron chi connectivity index (χ1n) is 4.63. The van der Waals surface area contributed by atoms with Crippen molar-refractivity contribution in [3.05, 3.63) is 38.8 Å². The fourth-order valence-corrected chi connectivity index (χ4v) is 2.92. The second-order valence-electron chi connectivity index (χ2n) is 3.46. The Kier molecular flexibility index (Phi) is 3.23. The van der Waals surface area contributed by atoms with Crippen LogP contribution in [0.2, 0.25) is 0 Å². The normalized spacial score (nSPS) is 13.0. The third kappa shape index (κ3) is 2.68. The summed E-state index contributed by atoms with van der Waals surface area (Å²) in [7, 11) is 1.90. The largest absolute Gasteiger partial charge is 0.322 e. The number of halogens is 1. The van der Waals surface area contributed by atoms with Crippen LogP contribution in [-0.2, 0) is 13.5 Å². The minimum Gasteiger partial charge on any atom is -0.322 e. The van der Waals surface area contributed by atoms with E-state index in [1.165, 1.54) is 4.88 Å². The smallest absolute Gasteiger partial charge is 0.0795 e. The number of nitrogens with two attached hydrogens (primary N) is 1. The van der Waals surface area contributed by atoms with Gasteiger partial charge in [-0.25, -0.2) is 0 Å². The van der Waals surface area contributed by atoms with Crippen molar-refractivity contribution in [3.8, 4) is 0 Å². The molecule has 1 unspecified atom stereocenters. The highest BCUT2D eigenvalue weighted by atomic mass is 79.9. The lowest BCUT2D eigenvalue weighted by atomic mass is 10.1. The van der Waals surface area contributed by atoms with Crippen LogP contribution in [0.3, 0.4) is 0 Å². The van der Waals surface area contributed by atoms with E-state index in [0.717, 1.165) is 16.6 Å². The first-order valence-corrected chi connectivity index (χ1v) is 6.30. The van der Waals surface area contributed by atoms with Crippen LogP contribution in [0.1, 0.15) is 16.6 Å². The summed E-state index contributed by atoms with van der Waals surface area (Å²) in [6, 6.07) is 4.05. The lowest BCUT2D eigenvalue weighted by molar-refractivity contribution is 0.661. The molecule has 3 nitrogen and oxygen atoms in total. The van der Waals surface area contributed by atoms with Crippen LogP contribution in [-0.4, -0.2) is 9.78 Å². The van der Waals surface area contributed by atoms with Gasteiger partial charge >= 0.3 is 0 Å². The molecular formula is C10H12BrN3S. The summed E-state index contributed by atoms with van der Waals surface area (Å²) in [5.41, 5.74) is 7.01. The molecule has 15 heavy (non-hydrogen) atoms. The number of rotatable bonds is 3. The molecule has 0 saturated heterocycles. The van der Waals surface area contributed by atoms with Gasteiger partial charge in [-0.2, -0.15) is 5.10 Å². The molecule has 0 fully saturated rings. The summed E-state index contributed by atoms with van der Waals surface area (Å²) in [6.07, 6.45) is 2.76. The monoisotopic (exact) mass is 285 g/mol. The highest BCUT2D eigenvalue weighted by Crippen LogP contribution is 2.23. The summed E-state index contributed by atoms with van der Waals surface area (Å²) in [6.45, 7) is 0. The number of aromatic nitrogens is 2. The predicted octanol–water partition coefficient (Wildman–Crippen LogP) is 2.49. The van der Waals surface area contributed by atoms with Crippen LogP contribution in [0, 0.1) is 0 Å². The van der Waals surface area contributed by atoms with E-state index in [-0.39, 0.29) is 6.04 Å². The molecule has 2 rings (SSSR count). The number of aryl methyl sites for hydroxylation is 1. The minimum absolute atomic E-state index is 0.0169. The van der Waals surface area contributed by atoms with Gasteiger partial charge in [0.25, 0.3) is 0 Å². The van der Waals surface area contributed by atoms with E-state index in [4.69, 9.17) is 5.73 Å². The Morgan fingerprint density at radius 2 is 2.47 bits per heavy atom. The second kappa shape index (κ2) is 4.47. The molecular weight excluding hydrogens is 274 g/mol. The van der Waals surface area contributed by atoms with Crippen LogP contribution in [0.25, 0.3) is 0 Å². The van der Waals surface area contributed by atoms with Gasteiger partial charge in [0, 0.05) is 34.4 Å². The molecule has 5 heteroatoms. The molecule has 1 atom stereocenters. The standard InChI is InChI=1S/C10H12BrN3S/c1-14-3-2-10(13-14)9(12)5-8-4-7(11)6-15-8/h2-4,6,9H,5,12H2,1H3. The molecule has 0 amide bonds. The van der Waals surface area contributed by atoms with E-state index >= 15 is 0 Å². The van der Waals surface area contributed by atoms with Gasteiger partial charge in [-0.15, -0.1) is 11.3 Å². The lowest BCUT2D eigenvalue weighted by Crippen LogP contribution is -2.13. The summed E-state index contributed by atoms with van der Waals surface area (Å²) in [4.78, 5) is 1.28. The highest BCUT2D eigenvalue weighted by Gasteiger charge is 2.10. The van der Waals surface area contributed by atoms with E-state index in [1.54, 1.807) is 16.0 Å². The molecule has 0 aliphatic rings. The topological polar surface area (TPSA) is 43.8 Å². The maximum Gasteiger partial charge on any atom is 0.0795 e. The molecule has 2 aromatic rings. The van der Waals surface area contributed by atoms with Gasteiger partial charge in [0.05, 0.1) is 11.7 Å². The van der Waals surface area contributed by atoms with Crippen molar-refractivity contribution >= 4 is 27.3 Å². The molecule has 80 valence electrons. The van der Waals surface area contributed by atoms with Crippen molar-refractivity contribution < 1.29 is 0 Å². The van der Waals surface area contributed by atoms with E-state index in [1.807, 2.05) is 19.3 Å². The molecule has 0 saturated carbocycles. The molecule has 0 spiro atoms. The summed E-state index contributed by atoms with van der Waals surface area (Å²) in [5, 5.41) is 6.37. The third-order valence-electron chi connectivity index (χ3n) is 2.16. The Morgan fingerprint density at radius 3 is 3.00 bits per heavy atom. The number of nitrogens with zero attached hydrogens (tertiary/aromatic N) is 2. The molecule has 0 aliphatic heterocycles. The number of hydrogen-bond donors (Lipinski definition) is 1. The molecule has 0 aliphatic carbocycles. The Hall–Kier alpha value is -0.650. The third-order valence-corrected chi connectivity index (χ3v) is 3.88. The minimum atomic E-state index is -0.0169. The van der Waals surface area contributed by atoms with Crippen molar-refractivity contribution in [2.45, 2.75) is 12.5 Å². The van der Waals surface area contributed by atoms with Crippen molar-refractivity contribution in [2.75, 3.05) is 0 Å². The van der Waals surface area contributed by atoms with Crippen molar-refractivity contribution in [2.24, 2.45) is 12.8 Å². The van der Waals surface area contributed by atoms with Crippen LogP contribution in [0.4, 0.5) is 0 Å². The van der Waals surface area contributed by atoms with E-state index < -0.39 is 0 Å². The zero-order valence-corrected chi connectivity index (χ0v) is 10.8. The molecule has 0 radical (unpaired) electrons. The van der Waals surface area contributed by atoms with Crippen LogP contribution in [0.5, 0.6) is 0 Å². The van der Waals surface area contributed by atoms with Gasteiger partial charge in [-0.3, -0.25) is 4.68 Å². The van der Waals surface area contributed by atoms with Crippen molar-refractivity contribution in [1.29, 1.82) is 0 Å². The van der Waals surface area contributed by atoms with Gasteiger partial charge in [0.15, 0.2) is 0 Å². The highest BCUT2D eigenvalue weighted by molar-refractivity contribution is 9.10. The Bertz CT molecular complexity index is 449. The molecule has 2 heterocycles. The SMILES string of the molecule is Cn1ccc(C(N)Cc2cc(Br)cs2)n1. The average molecular weight is 286 g/mol. The fourth-order valence-electron chi connectivity index (χ4n) is 1.41. The summed E-state index contributed by atoms with van der Waals surface area (Å²) >= 11 is 5.15. The van der Waals surface area contributed by atoms with Crippen LogP contribution in [0.15, 0.2) is 28.2 Å². The van der Waals surface area contributed by atoms with Gasteiger partial charge in [0.2, 0.25) is 0 Å². The fraction of sp³-hybridized carbons (Fsp3) is 0.300. The number of thiophene rings is 1. The first-order chi connectivity index (χ1) is 7.15. The van der Waals surface area contributed by atoms with Crippen LogP contribution >= 0.6 is 27.3 Å². The lowest BCUT2D eigenvalue weighted by Gasteiger charge is -2.06. The Morgan fingerprint density at radius 1 is 1.67 bits per heavy atom. The maximum atomic E-state index is 6.07. The zero-order chi connectivity index (χ0) is 10.8. The molecule has 2 N–H and O–H groups in total. The molecule has 0 aromatic carbocycles. The quantitative estimate of drug-likeness (QED) is 0.942. The Labute approximate surface area is 101 Å². The van der Waals surface area contributed by atoms with Gasteiger partial charge in [-0.1, -0.05) is 0 Å². The van der Waals surface area contributed by atoms with Gasteiger partial charge in [-0.05, 0) is 28.1 Å². The van der Waals surface area contributed by atoms with Crippen molar-refractivity contribution in [3.63, 3.8) is 0 Å². The zero-order valence-electron chi connectivity index (χ0n) is 8.35. The second-order valence-corrected chi connectivity index (χ2v) is 5.37. The summed E-state index contributed by atoms with van der Waals surface area (Å²) in [5.74, 6) is 0. The maximum absolute atomic E-state index is 6.07.